The average molecular weight is 513 g/mol. The number of nitrogens with one attached hydrogen (secondary N) is 3. The first-order valence-corrected chi connectivity index (χ1v) is 12.9. The number of halogens is 2. The number of benzene rings is 2. The van der Waals surface area contributed by atoms with Gasteiger partial charge in [0.15, 0.2) is 5.78 Å². The molecule has 3 fully saturated rings. The highest BCUT2D eigenvalue weighted by molar-refractivity contribution is 6.31. The monoisotopic (exact) mass is 512 g/mol. The van der Waals surface area contributed by atoms with Crippen LogP contribution in [0.3, 0.4) is 0 Å². The molecular formula is C27H30ClFN4O3. The maximum atomic E-state index is 14.7. The topological polar surface area (TPSA) is 90.5 Å². The Morgan fingerprint density at radius 1 is 1.08 bits per heavy atom. The van der Waals surface area contributed by atoms with Crippen LogP contribution in [0.15, 0.2) is 42.5 Å². The smallest absolute Gasteiger partial charge is 0.256 e. The van der Waals surface area contributed by atoms with Gasteiger partial charge in [0.1, 0.15) is 5.82 Å². The summed E-state index contributed by atoms with van der Waals surface area (Å²) in [6.07, 6.45) is 3.39. The van der Waals surface area contributed by atoms with Crippen LogP contribution in [0.25, 0.3) is 0 Å². The van der Waals surface area contributed by atoms with E-state index >= 15 is 0 Å². The van der Waals surface area contributed by atoms with Crippen LogP contribution in [-0.2, 0) is 11.2 Å². The number of fused-ring (bicyclic) bond motifs is 1. The lowest BCUT2D eigenvalue weighted by molar-refractivity contribution is -0.131. The normalized spacial score (nSPS) is 24.7. The SMILES string of the molecule is O=C(c1cccc(Cl)c1)C1CCN(C(=O)c2cc(CC3NNC(=O)C4CCCNC34)ccc2F)CC1. The maximum Gasteiger partial charge on any atom is 0.256 e. The highest BCUT2D eigenvalue weighted by atomic mass is 35.5. The fourth-order valence-electron chi connectivity index (χ4n) is 5.66. The van der Waals surface area contributed by atoms with E-state index in [4.69, 9.17) is 11.6 Å². The molecule has 7 nitrogen and oxygen atoms in total. The first-order valence-electron chi connectivity index (χ1n) is 12.6. The Balaban J connectivity index is 1.24. The van der Waals surface area contributed by atoms with Crippen molar-refractivity contribution < 1.29 is 18.8 Å². The zero-order valence-electron chi connectivity index (χ0n) is 19.9. The van der Waals surface area contributed by atoms with E-state index in [-0.39, 0.29) is 47.1 Å². The van der Waals surface area contributed by atoms with Gasteiger partial charge in [0.05, 0.1) is 11.5 Å². The molecular weight excluding hydrogens is 483 g/mol. The van der Waals surface area contributed by atoms with Crippen molar-refractivity contribution in [2.75, 3.05) is 19.6 Å². The maximum absolute atomic E-state index is 14.7. The first-order chi connectivity index (χ1) is 17.4. The quantitative estimate of drug-likeness (QED) is 0.536. The van der Waals surface area contributed by atoms with Gasteiger partial charge in [-0.25, -0.2) is 9.82 Å². The zero-order valence-corrected chi connectivity index (χ0v) is 20.7. The van der Waals surface area contributed by atoms with Crippen LogP contribution in [-0.4, -0.2) is 54.2 Å². The van der Waals surface area contributed by atoms with Crippen LogP contribution in [0, 0.1) is 17.7 Å². The van der Waals surface area contributed by atoms with Gasteiger partial charge < -0.3 is 10.2 Å². The standard InChI is InChI=1S/C27H30ClFN4O3/c28-19-4-1-3-18(15-19)25(34)17-8-11-33(12-9-17)27(36)21-13-16(6-7-22(21)29)14-23-24-20(5-2-10-30-24)26(35)32-31-23/h1,3-4,6-7,13,15,17,20,23-24,30-31H,2,5,8-12,14H2,(H,32,35). The molecule has 190 valence electrons. The predicted molar refractivity (Wildman–Crippen MR) is 134 cm³/mol. The summed E-state index contributed by atoms with van der Waals surface area (Å²) in [7, 11) is 0. The molecule has 0 saturated carbocycles. The third-order valence-electron chi connectivity index (χ3n) is 7.64. The molecule has 0 bridgehead atoms. The second kappa shape index (κ2) is 10.7. The van der Waals surface area contributed by atoms with Gasteiger partial charge in [-0.2, -0.15) is 0 Å². The van der Waals surface area contributed by atoms with Gasteiger partial charge in [0, 0.05) is 41.7 Å². The lowest BCUT2D eigenvalue weighted by atomic mass is 9.82. The number of ketones is 1. The van der Waals surface area contributed by atoms with E-state index in [9.17, 15) is 18.8 Å². The molecule has 2 aromatic rings. The summed E-state index contributed by atoms with van der Waals surface area (Å²) in [5.74, 6) is -1.18. The van der Waals surface area contributed by atoms with Crippen molar-refractivity contribution in [3.8, 4) is 0 Å². The number of piperidine rings is 2. The van der Waals surface area contributed by atoms with E-state index in [1.54, 1.807) is 41.3 Å². The molecule has 0 aromatic heterocycles. The molecule has 2 amide bonds. The Bertz CT molecular complexity index is 1170. The van der Waals surface area contributed by atoms with Crippen LogP contribution in [0.5, 0.6) is 0 Å². The molecule has 5 rings (SSSR count). The van der Waals surface area contributed by atoms with Crippen molar-refractivity contribution in [2.45, 2.75) is 44.2 Å². The minimum absolute atomic E-state index is 0.00401. The van der Waals surface area contributed by atoms with E-state index in [1.165, 1.54) is 6.07 Å². The number of carbonyl (C=O) groups is 3. The Morgan fingerprint density at radius 3 is 2.67 bits per heavy atom. The molecule has 3 saturated heterocycles. The van der Waals surface area contributed by atoms with E-state index in [0.29, 0.717) is 42.9 Å². The van der Waals surface area contributed by atoms with Gasteiger partial charge in [0.25, 0.3) is 5.91 Å². The molecule has 0 radical (unpaired) electrons. The van der Waals surface area contributed by atoms with Gasteiger partial charge >= 0.3 is 0 Å². The van der Waals surface area contributed by atoms with Crippen LogP contribution in [0.1, 0.15) is 52.0 Å². The second-order valence-corrected chi connectivity index (χ2v) is 10.4. The summed E-state index contributed by atoms with van der Waals surface area (Å²) < 4.78 is 14.7. The number of carbonyl (C=O) groups excluding carboxylic acids is 3. The first kappa shape index (κ1) is 24.9. The number of nitrogens with zero attached hydrogens (tertiary/aromatic N) is 1. The lowest BCUT2D eigenvalue weighted by Crippen LogP contribution is -2.67. The van der Waals surface area contributed by atoms with Crippen LogP contribution in [0.2, 0.25) is 5.02 Å². The Kier molecular flexibility index (Phi) is 7.37. The summed E-state index contributed by atoms with van der Waals surface area (Å²) >= 11 is 6.02. The highest BCUT2D eigenvalue weighted by Gasteiger charge is 2.40. The molecule has 9 heteroatoms. The second-order valence-electron chi connectivity index (χ2n) is 9.93. The van der Waals surface area contributed by atoms with Crippen molar-refractivity contribution in [3.05, 3.63) is 70.0 Å². The Labute approximate surface area is 214 Å². The fourth-order valence-corrected chi connectivity index (χ4v) is 5.85. The molecule has 3 aliphatic rings. The number of amides is 2. The zero-order chi connectivity index (χ0) is 25.2. The van der Waals surface area contributed by atoms with E-state index in [0.717, 1.165) is 24.9 Å². The summed E-state index contributed by atoms with van der Waals surface area (Å²) in [6, 6.07) is 11.5. The van der Waals surface area contributed by atoms with Crippen molar-refractivity contribution in [3.63, 3.8) is 0 Å². The molecule has 0 aliphatic carbocycles. The van der Waals surface area contributed by atoms with Gasteiger partial charge in [-0.15, -0.1) is 0 Å². The van der Waals surface area contributed by atoms with Crippen LogP contribution in [0.4, 0.5) is 4.39 Å². The van der Waals surface area contributed by atoms with Crippen molar-refractivity contribution >= 4 is 29.2 Å². The summed E-state index contributed by atoms with van der Waals surface area (Å²) in [6.45, 7) is 1.64. The van der Waals surface area contributed by atoms with Crippen molar-refractivity contribution in [2.24, 2.45) is 11.8 Å². The number of hydrogen-bond donors (Lipinski definition) is 3. The number of rotatable bonds is 5. The predicted octanol–water partition coefficient (Wildman–Crippen LogP) is 3.13. The van der Waals surface area contributed by atoms with Gasteiger partial charge in [-0.3, -0.25) is 19.8 Å². The van der Waals surface area contributed by atoms with Crippen molar-refractivity contribution in [1.29, 1.82) is 0 Å². The molecule has 3 unspecified atom stereocenters. The Hall–Kier alpha value is -2.81. The highest BCUT2D eigenvalue weighted by Crippen LogP contribution is 2.27. The number of hydrazine groups is 1. The van der Waals surface area contributed by atoms with Crippen LogP contribution >= 0.6 is 11.6 Å². The number of hydrogen-bond acceptors (Lipinski definition) is 5. The largest absolute Gasteiger partial charge is 0.339 e. The third-order valence-corrected chi connectivity index (χ3v) is 7.87. The molecule has 3 heterocycles. The van der Waals surface area contributed by atoms with Crippen molar-refractivity contribution in [1.82, 2.24) is 21.1 Å². The average Bonchev–Trinajstić information content (AvgIpc) is 2.91. The van der Waals surface area contributed by atoms with Crippen LogP contribution < -0.4 is 16.2 Å². The lowest BCUT2D eigenvalue weighted by Gasteiger charge is -2.41. The number of likely N-dealkylation sites (tertiary alicyclic amines) is 1. The Morgan fingerprint density at radius 2 is 1.89 bits per heavy atom. The fraction of sp³-hybridized carbons (Fsp3) is 0.444. The molecule has 0 spiro atoms. The molecule has 2 aromatic carbocycles. The summed E-state index contributed by atoms with van der Waals surface area (Å²) in [5, 5.41) is 3.96. The van der Waals surface area contributed by atoms with Gasteiger partial charge in [-0.05, 0) is 68.5 Å². The summed E-state index contributed by atoms with van der Waals surface area (Å²) in [4.78, 5) is 39.9. The van der Waals surface area contributed by atoms with E-state index < -0.39 is 5.82 Å². The van der Waals surface area contributed by atoms with E-state index in [1.807, 2.05) is 0 Å². The molecule has 3 atom stereocenters. The van der Waals surface area contributed by atoms with E-state index in [2.05, 4.69) is 16.2 Å². The summed E-state index contributed by atoms with van der Waals surface area (Å²) in [5.41, 5.74) is 7.29. The van der Waals surface area contributed by atoms with Gasteiger partial charge in [-0.1, -0.05) is 29.8 Å². The molecule has 36 heavy (non-hydrogen) atoms. The molecule has 3 aliphatic heterocycles. The minimum Gasteiger partial charge on any atom is -0.339 e. The molecule has 3 N–H and O–H groups in total. The third kappa shape index (κ3) is 5.16. The number of Topliss-reactive ketones (excluding diaryl/α,β-unsaturated/α-hetero) is 1. The minimum atomic E-state index is -0.556. The van der Waals surface area contributed by atoms with Gasteiger partial charge in [0.2, 0.25) is 5.91 Å².